The van der Waals surface area contributed by atoms with Crippen LogP contribution in [0.4, 0.5) is 4.79 Å². The number of rotatable bonds is 6. The molecule has 1 saturated carbocycles. The Labute approximate surface area is 178 Å². The summed E-state index contributed by atoms with van der Waals surface area (Å²) in [5.74, 6) is 0.340. The van der Waals surface area contributed by atoms with Crippen molar-refractivity contribution in [1.82, 2.24) is 14.9 Å². The van der Waals surface area contributed by atoms with Crippen LogP contribution in [0.2, 0.25) is 0 Å². The number of carbonyl (C=O) groups is 1. The molecule has 0 bridgehead atoms. The molecule has 1 aromatic heterocycles. The highest BCUT2D eigenvalue weighted by molar-refractivity contribution is 7.90. The van der Waals surface area contributed by atoms with Gasteiger partial charge in [0.1, 0.15) is 6.10 Å². The molecule has 9 nitrogen and oxygen atoms in total. The standard InChI is InChI=1S/C20H31N3O6S/c1-14(2)27-20(24)23-10-8-17(9-11-23)28-15-4-6-16(7-5-15)29-18-12-22-19(13-21-18)30(3,25)26/h12-17H,4-11H2,1-3H3/t15-,16-. The first-order valence-electron chi connectivity index (χ1n) is 10.5. The van der Waals surface area contributed by atoms with Crippen molar-refractivity contribution in [3.8, 4) is 5.88 Å². The van der Waals surface area contributed by atoms with Gasteiger partial charge in [0.15, 0.2) is 14.9 Å². The Bertz CT molecular complexity index is 798. The molecule has 0 N–H and O–H groups in total. The fourth-order valence-electron chi connectivity index (χ4n) is 3.74. The predicted octanol–water partition coefficient (Wildman–Crippen LogP) is 2.60. The Morgan fingerprint density at radius 1 is 1.00 bits per heavy atom. The topological polar surface area (TPSA) is 108 Å². The highest BCUT2D eigenvalue weighted by Gasteiger charge is 2.29. The van der Waals surface area contributed by atoms with E-state index in [4.69, 9.17) is 14.2 Å². The van der Waals surface area contributed by atoms with Gasteiger partial charge in [-0.25, -0.2) is 23.2 Å². The Morgan fingerprint density at radius 3 is 2.13 bits per heavy atom. The maximum atomic E-state index is 12.0. The first-order valence-corrected chi connectivity index (χ1v) is 12.4. The van der Waals surface area contributed by atoms with Crippen molar-refractivity contribution < 1.29 is 27.4 Å². The molecular formula is C20H31N3O6S. The number of nitrogens with zero attached hydrogens (tertiary/aromatic N) is 3. The number of hydrogen-bond donors (Lipinski definition) is 0. The Kier molecular flexibility index (Phi) is 7.51. The van der Waals surface area contributed by atoms with Crippen LogP contribution in [0.3, 0.4) is 0 Å². The number of piperidine rings is 1. The molecule has 1 aliphatic heterocycles. The fraction of sp³-hybridized carbons (Fsp3) is 0.750. The smallest absolute Gasteiger partial charge is 0.410 e. The van der Waals surface area contributed by atoms with Gasteiger partial charge in [-0.2, -0.15) is 0 Å². The van der Waals surface area contributed by atoms with Gasteiger partial charge in [-0.15, -0.1) is 0 Å². The third-order valence-electron chi connectivity index (χ3n) is 5.31. The van der Waals surface area contributed by atoms with Crippen LogP contribution in [0.25, 0.3) is 0 Å². The van der Waals surface area contributed by atoms with Crippen LogP contribution in [0.5, 0.6) is 5.88 Å². The van der Waals surface area contributed by atoms with Crippen LogP contribution < -0.4 is 4.74 Å². The molecule has 168 valence electrons. The molecular weight excluding hydrogens is 410 g/mol. The summed E-state index contributed by atoms with van der Waals surface area (Å²) in [4.78, 5) is 21.7. The van der Waals surface area contributed by atoms with E-state index in [1.165, 1.54) is 12.4 Å². The Hall–Kier alpha value is -1.94. The minimum Gasteiger partial charge on any atom is -0.473 e. The molecule has 30 heavy (non-hydrogen) atoms. The normalized spacial score (nSPS) is 23.4. The molecule has 0 unspecified atom stereocenters. The molecule has 2 heterocycles. The lowest BCUT2D eigenvalue weighted by Gasteiger charge is -2.35. The second-order valence-corrected chi connectivity index (χ2v) is 10.2. The number of aromatic nitrogens is 2. The van der Waals surface area contributed by atoms with Crippen molar-refractivity contribution in [3.05, 3.63) is 12.4 Å². The van der Waals surface area contributed by atoms with Gasteiger partial charge in [0.2, 0.25) is 5.88 Å². The van der Waals surface area contributed by atoms with Gasteiger partial charge >= 0.3 is 6.09 Å². The summed E-state index contributed by atoms with van der Waals surface area (Å²) in [6, 6.07) is 0. The van der Waals surface area contributed by atoms with E-state index in [9.17, 15) is 13.2 Å². The molecule has 0 aromatic carbocycles. The average Bonchev–Trinajstić information content (AvgIpc) is 2.69. The number of amides is 1. The first kappa shape index (κ1) is 22.7. The molecule has 0 radical (unpaired) electrons. The van der Waals surface area contributed by atoms with Gasteiger partial charge in [-0.3, -0.25) is 0 Å². The summed E-state index contributed by atoms with van der Waals surface area (Å²) < 4.78 is 40.3. The third kappa shape index (κ3) is 6.53. The molecule has 0 spiro atoms. The lowest BCUT2D eigenvalue weighted by molar-refractivity contribution is -0.0659. The molecule has 1 amide bonds. The van der Waals surface area contributed by atoms with Gasteiger partial charge in [0.25, 0.3) is 0 Å². The summed E-state index contributed by atoms with van der Waals surface area (Å²) in [5, 5.41) is -0.0597. The Morgan fingerprint density at radius 2 is 1.60 bits per heavy atom. The molecule has 1 saturated heterocycles. The van der Waals surface area contributed by atoms with Crippen molar-refractivity contribution in [2.45, 2.75) is 81.8 Å². The monoisotopic (exact) mass is 441 g/mol. The molecule has 2 aliphatic rings. The van der Waals surface area contributed by atoms with Crippen LogP contribution in [-0.4, -0.2) is 73.1 Å². The van der Waals surface area contributed by atoms with Crippen LogP contribution in [-0.2, 0) is 19.3 Å². The summed E-state index contributed by atoms with van der Waals surface area (Å²) in [6.07, 6.45) is 8.87. The lowest BCUT2D eigenvalue weighted by Crippen LogP contribution is -2.43. The highest BCUT2D eigenvalue weighted by Crippen LogP contribution is 2.27. The predicted molar refractivity (Wildman–Crippen MR) is 109 cm³/mol. The second-order valence-electron chi connectivity index (χ2n) is 8.24. The number of likely N-dealkylation sites (tertiary alicyclic amines) is 1. The maximum absolute atomic E-state index is 12.0. The SMILES string of the molecule is CC(C)OC(=O)N1CCC(O[C@H]2CC[C@H](Oc3cnc(S(C)(=O)=O)cn3)CC2)CC1. The van der Waals surface area contributed by atoms with Crippen molar-refractivity contribution in [2.24, 2.45) is 0 Å². The van der Waals surface area contributed by atoms with Gasteiger partial charge in [0.05, 0.1) is 30.7 Å². The number of sulfone groups is 1. The number of ether oxygens (including phenoxy) is 3. The van der Waals surface area contributed by atoms with E-state index in [1.807, 2.05) is 13.8 Å². The lowest BCUT2D eigenvalue weighted by atomic mass is 9.94. The Balaban J connectivity index is 1.37. The zero-order valence-electron chi connectivity index (χ0n) is 17.8. The quantitative estimate of drug-likeness (QED) is 0.663. The zero-order valence-corrected chi connectivity index (χ0v) is 18.6. The zero-order chi connectivity index (χ0) is 21.7. The molecule has 0 atom stereocenters. The van der Waals surface area contributed by atoms with Crippen molar-refractivity contribution >= 4 is 15.9 Å². The summed E-state index contributed by atoms with van der Waals surface area (Å²) in [5.41, 5.74) is 0. The van der Waals surface area contributed by atoms with E-state index in [-0.39, 0.29) is 35.5 Å². The largest absolute Gasteiger partial charge is 0.473 e. The van der Waals surface area contributed by atoms with Gasteiger partial charge in [-0.1, -0.05) is 0 Å². The van der Waals surface area contributed by atoms with Crippen LogP contribution in [0.1, 0.15) is 52.4 Å². The van der Waals surface area contributed by atoms with E-state index in [2.05, 4.69) is 9.97 Å². The van der Waals surface area contributed by atoms with E-state index in [1.54, 1.807) is 4.90 Å². The molecule has 1 aromatic rings. The minimum atomic E-state index is -3.36. The first-order chi connectivity index (χ1) is 14.2. The van der Waals surface area contributed by atoms with Crippen molar-refractivity contribution in [1.29, 1.82) is 0 Å². The second kappa shape index (κ2) is 9.91. The summed E-state index contributed by atoms with van der Waals surface area (Å²) >= 11 is 0. The van der Waals surface area contributed by atoms with E-state index in [0.29, 0.717) is 19.0 Å². The van der Waals surface area contributed by atoms with Gasteiger partial charge < -0.3 is 19.1 Å². The molecule has 10 heteroatoms. The van der Waals surface area contributed by atoms with Crippen LogP contribution in [0.15, 0.2) is 17.4 Å². The van der Waals surface area contributed by atoms with E-state index < -0.39 is 9.84 Å². The molecule has 2 fully saturated rings. The van der Waals surface area contributed by atoms with Crippen LogP contribution >= 0.6 is 0 Å². The third-order valence-corrected chi connectivity index (χ3v) is 6.29. The van der Waals surface area contributed by atoms with E-state index >= 15 is 0 Å². The van der Waals surface area contributed by atoms with Gasteiger partial charge in [-0.05, 0) is 52.4 Å². The van der Waals surface area contributed by atoms with Crippen molar-refractivity contribution in [3.63, 3.8) is 0 Å². The maximum Gasteiger partial charge on any atom is 0.410 e. The minimum absolute atomic E-state index is 0.0240. The number of hydrogen-bond acceptors (Lipinski definition) is 8. The summed E-state index contributed by atoms with van der Waals surface area (Å²) in [7, 11) is -3.36. The average molecular weight is 442 g/mol. The molecule has 1 aliphatic carbocycles. The van der Waals surface area contributed by atoms with Crippen LogP contribution in [0, 0.1) is 0 Å². The fourth-order valence-corrected chi connectivity index (χ4v) is 4.22. The highest BCUT2D eigenvalue weighted by atomic mass is 32.2. The number of carbonyl (C=O) groups excluding carboxylic acids is 1. The van der Waals surface area contributed by atoms with E-state index in [0.717, 1.165) is 44.8 Å². The van der Waals surface area contributed by atoms with Gasteiger partial charge in [0, 0.05) is 19.3 Å². The van der Waals surface area contributed by atoms with Crippen molar-refractivity contribution in [2.75, 3.05) is 19.3 Å². The summed E-state index contributed by atoms with van der Waals surface area (Å²) in [6.45, 7) is 5.03. The molecule has 3 rings (SSSR count).